The molecule has 1 aromatic carbocycles. The minimum absolute atomic E-state index is 0.0482. The number of rotatable bonds is 8. The highest BCUT2D eigenvalue weighted by molar-refractivity contribution is 7.91. The summed E-state index contributed by atoms with van der Waals surface area (Å²) in [5.41, 5.74) is -0.171. The van der Waals surface area contributed by atoms with Crippen molar-refractivity contribution in [3.63, 3.8) is 0 Å². The highest BCUT2D eigenvalue weighted by Crippen LogP contribution is 2.31. The molecule has 1 saturated heterocycles. The Labute approximate surface area is 160 Å². The lowest BCUT2D eigenvalue weighted by molar-refractivity contribution is -0.159. The van der Waals surface area contributed by atoms with Crippen LogP contribution in [0.4, 0.5) is 0 Å². The number of carboxylic acids is 1. The predicted octanol–water partition coefficient (Wildman–Crippen LogP) is 1.75. The Morgan fingerprint density at radius 1 is 1.26 bits per heavy atom. The fourth-order valence-electron chi connectivity index (χ4n) is 3.41. The van der Waals surface area contributed by atoms with Gasteiger partial charge < -0.3 is 14.7 Å². The first kappa shape index (κ1) is 21.4. The Kier molecular flexibility index (Phi) is 7.00. The fraction of sp³-hybridized carbons (Fsp3) is 0.579. The summed E-state index contributed by atoms with van der Waals surface area (Å²) in [6, 6.07) is 6.57. The van der Waals surface area contributed by atoms with Gasteiger partial charge in [0.1, 0.15) is 5.41 Å². The summed E-state index contributed by atoms with van der Waals surface area (Å²) >= 11 is 0. The number of amides is 1. The number of likely N-dealkylation sites (tertiary alicyclic amines) is 1. The molecule has 0 saturated carbocycles. The van der Waals surface area contributed by atoms with Crippen molar-refractivity contribution in [1.82, 2.24) is 4.90 Å². The molecule has 1 aliphatic rings. The van der Waals surface area contributed by atoms with E-state index in [1.54, 1.807) is 36.1 Å². The van der Waals surface area contributed by atoms with Crippen LogP contribution in [-0.2, 0) is 30.6 Å². The molecule has 1 heterocycles. The van der Waals surface area contributed by atoms with Crippen LogP contribution in [0.5, 0.6) is 0 Å². The molecule has 0 aliphatic carbocycles. The third kappa shape index (κ3) is 5.07. The van der Waals surface area contributed by atoms with Crippen molar-refractivity contribution >= 4 is 21.7 Å². The van der Waals surface area contributed by atoms with Gasteiger partial charge in [0, 0.05) is 26.6 Å². The first-order valence-electron chi connectivity index (χ1n) is 9.06. The molecule has 0 spiro atoms. The lowest BCUT2D eigenvalue weighted by Crippen LogP contribution is -2.52. The zero-order valence-corrected chi connectivity index (χ0v) is 16.6. The van der Waals surface area contributed by atoms with Gasteiger partial charge in [-0.25, -0.2) is 8.42 Å². The molecular weight excluding hydrogens is 370 g/mol. The number of aryl methyl sites for hydroxylation is 1. The maximum absolute atomic E-state index is 12.6. The summed E-state index contributed by atoms with van der Waals surface area (Å²) in [4.78, 5) is 26.1. The second-order valence-corrected chi connectivity index (χ2v) is 9.26. The second-order valence-electron chi connectivity index (χ2n) is 6.98. The van der Waals surface area contributed by atoms with Crippen molar-refractivity contribution in [2.75, 3.05) is 32.6 Å². The van der Waals surface area contributed by atoms with Crippen LogP contribution in [0.2, 0.25) is 0 Å². The first-order valence-corrected chi connectivity index (χ1v) is 10.7. The number of carbonyl (C=O) groups excluding carboxylic acids is 1. The average Bonchev–Trinajstić information content (AvgIpc) is 2.66. The summed E-state index contributed by atoms with van der Waals surface area (Å²) in [5, 5.41) is 9.57. The number of piperidine rings is 1. The van der Waals surface area contributed by atoms with Crippen molar-refractivity contribution < 1.29 is 27.9 Å². The van der Waals surface area contributed by atoms with Crippen LogP contribution in [-0.4, -0.2) is 62.9 Å². The maximum atomic E-state index is 12.6. The number of hydrogen-bond acceptors (Lipinski definition) is 5. The molecule has 2 rings (SSSR count). The summed E-state index contributed by atoms with van der Waals surface area (Å²) in [5.74, 6) is -0.983. The topological polar surface area (TPSA) is 101 Å². The van der Waals surface area contributed by atoms with Crippen LogP contribution in [0.15, 0.2) is 29.2 Å². The molecule has 1 aromatic rings. The molecular formula is C19H27NO6S. The van der Waals surface area contributed by atoms with Gasteiger partial charge in [-0.3, -0.25) is 9.59 Å². The van der Waals surface area contributed by atoms with Crippen LogP contribution in [0, 0.1) is 5.41 Å². The van der Waals surface area contributed by atoms with E-state index in [0.717, 1.165) is 5.56 Å². The molecule has 1 unspecified atom stereocenters. The number of benzene rings is 1. The lowest BCUT2D eigenvalue weighted by Gasteiger charge is -2.39. The summed E-state index contributed by atoms with van der Waals surface area (Å²) in [6.07, 6.45) is 1.85. The van der Waals surface area contributed by atoms with Gasteiger partial charge in [0.15, 0.2) is 9.84 Å². The number of ether oxygens (including phenoxy) is 1. The molecule has 7 nitrogen and oxygen atoms in total. The van der Waals surface area contributed by atoms with E-state index in [9.17, 15) is 23.1 Å². The van der Waals surface area contributed by atoms with Crippen LogP contribution >= 0.6 is 0 Å². The minimum atomic E-state index is -3.23. The molecule has 0 bridgehead atoms. The molecule has 8 heteroatoms. The number of methoxy groups -OCH3 is 1. The van der Waals surface area contributed by atoms with Crippen LogP contribution < -0.4 is 0 Å². The van der Waals surface area contributed by atoms with Gasteiger partial charge in [0.25, 0.3) is 0 Å². The van der Waals surface area contributed by atoms with E-state index in [0.29, 0.717) is 25.8 Å². The fourth-order valence-corrected chi connectivity index (χ4v) is 4.30. The zero-order valence-electron chi connectivity index (χ0n) is 15.8. The van der Waals surface area contributed by atoms with Gasteiger partial charge in [0.05, 0.1) is 17.3 Å². The first-order chi connectivity index (χ1) is 12.7. The number of sulfone groups is 1. The van der Waals surface area contributed by atoms with Crippen LogP contribution in [0.1, 0.15) is 31.7 Å². The summed E-state index contributed by atoms with van der Waals surface area (Å²) in [6.45, 7) is 2.38. The summed E-state index contributed by atoms with van der Waals surface area (Å²) in [7, 11) is -1.77. The SMILES string of the molecule is CCS(=O)(=O)c1ccc(CCC(=O)N2CCCC(COC)(C(=O)O)C2)cc1. The van der Waals surface area contributed by atoms with Gasteiger partial charge in [-0.15, -0.1) is 0 Å². The highest BCUT2D eigenvalue weighted by Gasteiger charge is 2.43. The van der Waals surface area contributed by atoms with E-state index in [1.165, 1.54) is 7.11 Å². The third-order valence-corrected chi connectivity index (χ3v) is 6.84. The Hall–Kier alpha value is -1.93. The standard InChI is InChI=1S/C19H27NO6S/c1-3-27(24,25)16-8-5-15(6-9-16)7-10-17(21)20-12-4-11-19(13-20,14-26-2)18(22)23/h5-6,8-9H,3-4,7,10-14H2,1-2H3,(H,22,23). The average molecular weight is 397 g/mol. The van der Waals surface area contributed by atoms with Crippen molar-refractivity contribution in [2.45, 2.75) is 37.5 Å². The van der Waals surface area contributed by atoms with Crippen molar-refractivity contribution in [2.24, 2.45) is 5.41 Å². The van der Waals surface area contributed by atoms with E-state index in [-0.39, 0.29) is 36.1 Å². The Morgan fingerprint density at radius 2 is 1.93 bits per heavy atom. The molecule has 27 heavy (non-hydrogen) atoms. The van der Waals surface area contributed by atoms with Gasteiger partial charge in [-0.1, -0.05) is 19.1 Å². The van der Waals surface area contributed by atoms with Gasteiger partial charge in [-0.05, 0) is 37.0 Å². The van der Waals surface area contributed by atoms with Crippen LogP contribution in [0.3, 0.4) is 0 Å². The lowest BCUT2D eigenvalue weighted by atomic mass is 9.80. The third-order valence-electron chi connectivity index (χ3n) is 5.09. The number of hydrogen-bond donors (Lipinski definition) is 1. The van der Waals surface area contributed by atoms with E-state index in [2.05, 4.69) is 0 Å². The molecule has 1 atom stereocenters. The molecule has 0 aromatic heterocycles. The van der Waals surface area contributed by atoms with Crippen molar-refractivity contribution in [3.05, 3.63) is 29.8 Å². The number of carbonyl (C=O) groups is 2. The van der Waals surface area contributed by atoms with E-state index in [4.69, 9.17) is 4.74 Å². The Morgan fingerprint density at radius 3 is 2.48 bits per heavy atom. The monoisotopic (exact) mass is 397 g/mol. The van der Waals surface area contributed by atoms with E-state index >= 15 is 0 Å². The maximum Gasteiger partial charge on any atom is 0.313 e. The molecule has 1 fully saturated rings. The summed E-state index contributed by atoms with van der Waals surface area (Å²) < 4.78 is 28.8. The molecule has 150 valence electrons. The second kappa shape index (κ2) is 8.84. The molecule has 0 radical (unpaired) electrons. The normalized spacial score (nSPS) is 20.4. The highest BCUT2D eigenvalue weighted by atomic mass is 32.2. The number of carboxylic acid groups (broad SMARTS) is 1. The smallest absolute Gasteiger partial charge is 0.313 e. The molecule has 1 N–H and O–H groups in total. The van der Waals surface area contributed by atoms with E-state index < -0.39 is 21.2 Å². The van der Waals surface area contributed by atoms with Crippen molar-refractivity contribution in [3.8, 4) is 0 Å². The van der Waals surface area contributed by atoms with E-state index in [1.807, 2.05) is 0 Å². The largest absolute Gasteiger partial charge is 0.481 e. The Balaban J connectivity index is 1.98. The molecule has 1 aliphatic heterocycles. The van der Waals surface area contributed by atoms with Gasteiger partial charge in [0.2, 0.25) is 5.91 Å². The minimum Gasteiger partial charge on any atom is -0.481 e. The van der Waals surface area contributed by atoms with Crippen LogP contribution in [0.25, 0.3) is 0 Å². The quantitative estimate of drug-likeness (QED) is 0.717. The van der Waals surface area contributed by atoms with Gasteiger partial charge >= 0.3 is 5.97 Å². The number of nitrogens with zero attached hydrogens (tertiary/aromatic N) is 1. The zero-order chi connectivity index (χ0) is 20.1. The molecule has 1 amide bonds. The number of aliphatic carboxylic acids is 1. The predicted molar refractivity (Wildman–Crippen MR) is 100 cm³/mol. The van der Waals surface area contributed by atoms with Crippen molar-refractivity contribution in [1.29, 1.82) is 0 Å². The van der Waals surface area contributed by atoms with Gasteiger partial charge in [-0.2, -0.15) is 0 Å². The Bertz CT molecular complexity index is 770.